The summed E-state index contributed by atoms with van der Waals surface area (Å²) in [4.78, 5) is 2.40. The van der Waals surface area contributed by atoms with E-state index in [4.69, 9.17) is 9.47 Å². The second kappa shape index (κ2) is 13.0. The third kappa shape index (κ3) is 7.60. The Bertz CT molecular complexity index is 897. The quantitative estimate of drug-likeness (QED) is 0.406. The van der Waals surface area contributed by atoms with E-state index >= 15 is 0 Å². The van der Waals surface area contributed by atoms with Crippen molar-refractivity contribution in [2.45, 2.75) is 19.1 Å². The van der Waals surface area contributed by atoms with Gasteiger partial charge in [-0.3, -0.25) is 4.90 Å². The summed E-state index contributed by atoms with van der Waals surface area (Å²) >= 11 is 0. The molecule has 0 aromatic heterocycles. The highest BCUT2D eigenvalue weighted by Crippen LogP contribution is 2.28. The van der Waals surface area contributed by atoms with Gasteiger partial charge in [0.1, 0.15) is 12.7 Å². The van der Waals surface area contributed by atoms with E-state index in [0.29, 0.717) is 24.0 Å². The van der Waals surface area contributed by atoms with Crippen molar-refractivity contribution in [1.82, 2.24) is 10.2 Å². The van der Waals surface area contributed by atoms with E-state index in [0.717, 1.165) is 13.1 Å². The molecule has 3 aromatic rings. The van der Waals surface area contributed by atoms with Crippen molar-refractivity contribution in [3.8, 4) is 11.5 Å². The fraction of sp³-hybridized carbons (Fsp3) is 0.357. The first-order valence-corrected chi connectivity index (χ1v) is 11.5. The van der Waals surface area contributed by atoms with Crippen LogP contribution in [0, 0.1) is 5.92 Å². The molecule has 0 aliphatic carbocycles. The van der Waals surface area contributed by atoms with Crippen LogP contribution in [0.25, 0.3) is 0 Å². The van der Waals surface area contributed by atoms with Crippen LogP contribution >= 0.6 is 0 Å². The molecule has 0 heterocycles. The average Bonchev–Trinajstić information content (AvgIpc) is 2.84. The molecule has 33 heavy (non-hydrogen) atoms. The van der Waals surface area contributed by atoms with Crippen molar-refractivity contribution in [3.05, 3.63) is 96.1 Å². The van der Waals surface area contributed by atoms with Crippen molar-refractivity contribution >= 4 is 0 Å². The van der Waals surface area contributed by atoms with E-state index < -0.39 is 6.10 Å². The van der Waals surface area contributed by atoms with Crippen LogP contribution < -0.4 is 14.8 Å². The van der Waals surface area contributed by atoms with E-state index in [9.17, 15) is 5.11 Å². The van der Waals surface area contributed by atoms with E-state index in [1.807, 2.05) is 24.3 Å². The molecule has 3 aromatic carbocycles. The lowest BCUT2D eigenvalue weighted by Gasteiger charge is -2.31. The van der Waals surface area contributed by atoms with Gasteiger partial charge in [0.05, 0.1) is 13.2 Å². The summed E-state index contributed by atoms with van der Waals surface area (Å²) in [5.41, 5.74) is 2.57. The number of benzene rings is 3. The second-order valence-corrected chi connectivity index (χ2v) is 8.54. The third-order valence-corrected chi connectivity index (χ3v) is 5.64. The first-order chi connectivity index (χ1) is 16.1. The summed E-state index contributed by atoms with van der Waals surface area (Å²) in [6.07, 6.45) is -0.596. The van der Waals surface area contributed by atoms with Crippen molar-refractivity contribution < 1.29 is 14.6 Å². The number of ether oxygens (including phenoxy) is 2. The molecule has 2 atom stereocenters. The molecule has 0 aliphatic rings. The lowest BCUT2D eigenvalue weighted by atomic mass is 9.96. The molecular formula is C28H36N2O3. The maximum absolute atomic E-state index is 10.3. The van der Waals surface area contributed by atoms with Crippen LogP contribution in [0.3, 0.4) is 0 Å². The van der Waals surface area contributed by atoms with Crippen LogP contribution in [-0.4, -0.2) is 56.5 Å². The van der Waals surface area contributed by atoms with Gasteiger partial charge in [-0.05, 0) is 42.8 Å². The fourth-order valence-electron chi connectivity index (χ4n) is 4.11. The van der Waals surface area contributed by atoms with Gasteiger partial charge in [0.2, 0.25) is 0 Å². The van der Waals surface area contributed by atoms with Gasteiger partial charge >= 0.3 is 0 Å². The number of nitrogens with one attached hydrogen (secondary N) is 1. The van der Waals surface area contributed by atoms with E-state index in [1.165, 1.54) is 11.1 Å². The van der Waals surface area contributed by atoms with Gasteiger partial charge in [-0.1, -0.05) is 79.7 Å². The molecule has 2 unspecified atom stereocenters. The molecule has 0 saturated carbocycles. The lowest BCUT2D eigenvalue weighted by Crippen LogP contribution is -2.37. The molecular weight excluding hydrogens is 412 g/mol. The summed E-state index contributed by atoms with van der Waals surface area (Å²) < 4.78 is 11.0. The first-order valence-electron chi connectivity index (χ1n) is 11.5. The summed E-state index contributed by atoms with van der Waals surface area (Å²) in [7, 11) is 3.79. The van der Waals surface area contributed by atoms with Crippen LogP contribution in [0.15, 0.2) is 84.9 Å². The highest BCUT2D eigenvalue weighted by atomic mass is 16.5. The Morgan fingerprint density at radius 2 is 1.36 bits per heavy atom. The Balaban J connectivity index is 1.47. The van der Waals surface area contributed by atoms with Gasteiger partial charge < -0.3 is 19.9 Å². The topological polar surface area (TPSA) is 54.0 Å². The Labute approximate surface area is 198 Å². The number of hydrogen-bond donors (Lipinski definition) is 2. The SMILES string of the molecule is COc1ccccc1OCC(O)CNCC(C)CN(C)C(c1ccccc1)c1ccccc1. The minimum atomic E-state index is -0.596. The predicted octanol–water partition coefficient (Wildman–Crippen LogP) is 4.38. The number of aliphatic hydroxyl groups is 1. The molecule has 2 N–H and O–H groups in total. The zero-order valence-electron chi connectivity index (χ0n) is 19.9. The smallest absolute Gasteiger partial charge is 0.161 e. The van der Waals surface area contributed by atoms with E-state index in [1.54, 1.807) is 7.11 Å². The van der Waals surface area contributed by atoms with Gasteiger partial charge in [0.25, 0.3) is 0 Å². The van der Waals surface area contributed by atoms with Gasteiger partial charge in [-0.25, -0.2) is 0 Å². The summed E-state index contributed by atoms with van der Waals surface area (Å²) in [6, 6.07) is 28.9. The Morgan fingerprint density at radius 1 is 0.818 bits per heavy atom. The predicted molar refractivity (Wildman–Crippen MR) is 134 cm³/mol. The molecule has 0 fully saturated rings. The van der Waals surface area contributed by atoms with Crippen LogP contribution in [0.4, 0.5) is 0 Å². The van der Waals surface area contributed by atoms with Gasteiger partial charge in [0.15, 0.2) is 11.5 Å². The maximum Gasteiger partial charge on any atom is 0.161 e. The molecule has 0 amide bonds. The molecule has 5 heteroatoms. The number of methoxy groups -OCH3 is 1. The van der Waals surface area contributed by atoms with E-state index in [-0.39, 0.29) is 12.6 Å². The van der Waals surface area contributed by atoms with Crippen LogP contribution in [0.5, 0.6) is 11.5 Å². The average molecular weight is 449 g/mol. The number of aliphatic hydroxyl groups excluding tert-OH is 1. The Hall–Kier alpha value is -2.86. The zero-order chi connectivity index (χ0) is 23.5. The highest BCUT2D eigenvalue weighted by Gasteiger charge is 2.20. The van der Waals surface area contributed by atoms with Crippen molar-refractivity contribution in [2.24, 2.45) is 5.92 Å². The largest absolute Gasteiger partial charge is 0.493 e. The van der Waals surface area contributed by atoms with Crippen molar-refractivity contribution in [3.63, 3.8) is 0 Å². The van der Waals surface area contributed by atoms with Gasteiger partial charge in [-0.15, -0.1) is 0 Å². The molecule has 0 bridgehead atoms. The number of para-hydroxylation sites is 2. The van der Waals surface area contributed by atoms with Crippen molar-refractivity contribution in [1.29, 1.82) is 0 Å². The Morgan fingerprint density at radius 3 is 1.94 bits per heavy atom. The zero-order valence-corrected chi connectivity index (χ0v) is 19.9. The molecule has 5 nitrogen and oxygen atoms in total. The maximum atomic E-state index is 10.3. The highest BCUT2D eigenvalue weighted by molar-refractivity contribution is 5.39. The third-order valence-electron chi connectivity index (χ3n) is 5.64. The second-order valence-electron chi connectivity index (χ2n) is 8.54. The standard InChI is InChI=1S/C28H36N2O3/c1-22(18-29-19-25(31)21-33-27-17-11-10-16-26(27)32-3)20-30(2)28(23-12-6-4-7-13-23)24-14-8-5-9-15-24/h4-17,22,25,28-29,31H,18-21H2,1-3H3. The molecule has 3 rings (SSSR count). The minimum Gasteiger partial charge on any atom is -0.493 e. The Kier molecular flexibility index (Phi) is 9.76. The van der Waals surface area contributed by atoms with Crippen molar-refractivity contribution in [2.75, 3.05) is 40.4 Å². The van der Waals surface area contributed by atoms with E-state index in [2.05, 4.69) is 84.9 Å². The van der Waals surface area contributed by atoms with Gasteiger partial charge in [-0.2, -0.15) is 0 Å². The number of rotatable bonds is 13. The first kappa shape index (κ1) is 24.8. The number of hydrogen-bond acceptors (Lipinski definition) is 5. The lowest BCUT2D eigenvalue weighted by molar-refractivity contribution is 0.103. The normalized spacial score (nSPS) is 13.2. The minimum absolute atomic E-state index is 0.203. The monoisotopic (exact) mass is 448 g/mol. The van der Waals surface area contributed by atoms with Crippen LogP contribution in [0.1, 0.15) is 24.1 Å². The molecule has 0 radical (unpaired) electrons. The molecule has 0 saturated heterocycles. The van der Waals surface area contributed by atoms with Crippen LogP contribution in [-0.2, 0) is 0 Å². The summed E-state index contributed by atoms with van der Waals surface area (Å²) in [5.74, 6) is 1.72. The van der Waals surface area contributed by atoms with Gasteiger partial charge in [0, 0.05) is 13.1 Å². The summed E-state index contributed by atoms with van der Waals surface area (Å²) in [6.45, 7) is 4.66. The number of nitrogens with zero attached hydrogens (tertiary/aromatic N) is 1. The molecule has 0 spiro atoms. The molecule has 0 aliphatic heterocycles. The molecule has 176 valence electrons. The summed E-state index contributed by atoms with van der Waals surface area (Å²) in [5, 5.41) is 13.7. The van der Waals surface area contributed by atoms with Crippen LogP contribution in [0.2, 0.25) is 0 Å². The fourth-order valence-corrected chi connectivity index (χ4v) is 4.11.